The summed E-state index contributed by atoms with van der Waals surface area (Å²) in [5.74, 6) is 6.09. The van der Waals surface area contributed by atoms with E-state index < -0.39 is 0 Å². The van der Waals surface area contributed by atoms with Crippen LogP contribution in [0.1, 0.15) is 22.7 Å². The lowest BCUT2D eigenvalue weighted by molar-refractivity contribution is 0.553. The van der Waals surface area contributed by atoms with E-state index in [-0.39, 0.29) is 6.04 Å². The lowest BCUT2D eigenvalue weighted by atomic mass is 10.0. The largest absolute Gasteiger partial charge is 0.384 e. The molecule has 0 aliphatic carbocycles. The van der Waals surface area contributed by atoms with Crippen LogP contribution in [-0.4, -0.2) is 10.2 Å². The van der Waals surface area contributed by atoms with Crippen LogP contribution < -0.4 is 17.0 Å². The molecule has 1 unspecified atom stereocenters. The monoisotopic (exact) mass is 265 g/mol. The fraction of sp³-hybridized carbons (Fsp3) is 0.250. The van der Waals surface area contributed by atoms with Gasteiger partial charge in [-0.25, -0.2) is 0 Å². The number of H-pyrrole nitrogens is 1. The Morgan fingerprint density at radius 2 is 2.28 bits per heavy atom. The second-order valence-corrected chi connectivity index (χ2v) is 4.66. The Hall–Kier alpha value is -1.56. The second-order valence-electron chi connectivity index (χ2n) is 4.26. The number of aromatic amines is 1. The summed E-state index contributed by atoms with van der Waals surface area (Å²) >= 11 is 6.21. The molecule has 5 nitrogen and oxygen atoms in total. The Labute approximate surface area is 110 Å². The van der Waals surface area contributed by atoms with Gasteiger partial charge < -0.3 is 5.73 Å². The van der Waals surface area contributed by atoms with E-state index in [1.165, 1.54) is 0 Å². The average Bonchev–Trinajstić information content (AvgIpc) is 2.75. The molecule has 96 valence electrons. The first-order valence-corrected chi connectivity index (χ1v) is 5.99. The van der Waals surface area contributed by atoms with Crippen molar-refractivity contribution in [3.05, 3.63) is 46.1 Å². The number of rotatable bonds is 4. The summed E-state index contributed by atoms with van der Waals surface area (Å²) in [4.78, 5) is 0. The van der Waals surface area contributed by atoms with E-state index in [1.54, 1.807) is 6.20 Å². The zero-order valence-corrected chi connectivity index (χ0v) is 10.8. The van der Waals surface area contributed by atoms with Gasteiger partial charge in [0.15, 0.2) is 0 Å². The van der Waals surface area contributed by atoms with Crippen molar-refractivity contribution in [2.45, 2.75) is 19.4 Å². The molecule has 0 aliphatic heterocycles. The third-order valence-corrected chi connectivity index (χ3v) is 3.26. The topological polar surface area (TPSA) is 92.7 Å². The highest BCUT2D eigenvalue weighted by Crippen LogP contribution is 2.25. The van der Waals surface area contributed by atoms with Crippen LogP contribution in [0.2, 0.25) is 5.02 Å². The number of hydrogen-bond donors (Lipinski definition) is 4. The van der Waals surface area contributed by atoms with E-state index >= 15 is 0 Å². The minimum atomic E-state index is -0.121. The maximum atomic E-state index is 6.21. The lowest BCUT2D eigenvalue weighted by Gasteiger charge is -2.16. The molecule has 2 rings (SSSR count). The zero-order chi connectivity index (χ0) is 13.1. The van der Waals surface area contributed by atoms with Gasteiger partial charge in [0.05, 0.1) is 12.2 Å². The molecule has 1 aromatic carbocycles. The third kappa shape index (κ3) is 2.64. The van der Waals surface area contributed by atoms with Crippen molar-refractivity contribution in [1.29, 1.82) is 0 Å². The molecule has 0 amide bonds. The Kier molecular flexibility index (Phi) is 3.86. The van der Waals surface area contributed by atoms with Gasteiger partial charge in [-0.1, -0.05) is 23.7 Å². The maximum absolute atomic E-state index is 6.21. The van der Waals surface area contributed by atoms with Gasteiger partial charge in [0.2, 0.25) is 0 Å². The Bertz CT molecular complexity index is 537. The van der Waals surface area contributed by atoms with Gasteiger partial charge in [0, 0.05) is 10.6 Å². The normalized spacial score (nSPS) is 12.6. The van der Waals surface area contributed by atoms with Gasteiger partial charge in [-0.3, -0.25) is 16.4 Å². The number of aromatic nitrogens is 2. The number of nitrogens with one attached hydrogen (secondary N) is 2. The van der Waals surface area contributed by atoms with Crippen molar-refractivity contribution in [3.63, 3.8) is 0 Å². The van der Waals surface area contributed by atoms with Crippen molar-refractivity contribution < 1.29 is 0 Å². The first-order valence-electron chi connectivity index (χ1n) is 5.61. The molecule has 0 saturated heterocycles. The molecule has 1 atom stereocenters. The number of benzene rings is 1. The number of hydrazine groups is 1. The standard InChI is InChI=1S/C12H16ClN5/c1-7-2-3-8(10(13)4-7)5-11(17-15)9-6-16-18-12(9)14/h2-4,6,11,17H,5,15H2,1H3,(H3,14,16,18). The molecule has 1 aromatic heterocycles. The van der Waals surface area contributed by atoms with Crippen molar-refractivity contribution >= 4 is 17.4 Å². The molecule has 6 heteroatoms. The summed E-state index contributed by atoms with van der Waals surface area (Å²) < 4.78 is 0. The zero-order valence-electron chi connectivity index (χ0n) is 10.1. The van der Waals surface area contributed by atoms with Crippen molar-refractivity contribution in [3.8, 4) is 0 Å². The Morgan fingerprint density at radius 3 is 2.83 bits per heavy atom. The van der Waals surface area contributed by atoms with Gasteiger partial charge in [0.1, 0.15) is 5.82 Å². The van der Waals surface area contributed by atoms with Crippen LogP contribution in [0.15, 0.2) is 24.4 Å². The van der Waals surface area contributed by atoms with Crippen LogP contribution in [0.5, 0.6) is 0 Å². The number of nitrogens with two attached hydrogens (primary N) is 2. The van der Waals surface area contributed by atoms with Crippen molar-refractivity contribution in [2.24, 2.45) is 5.84 Å². The molecule has 6 N–H and O–H groups in total. The van der Waals surface area contributed by atoms with Crippen LogP contribution in [0, 0.1) is 6.92 Å². The number of aryl methyl sites for hydroxylation is 1. The van der Waals surface area contributed by atoms with E-state index in [9.17, 15) is 0 Å². The molecule has 0 spiro atoms. The average molecular weight is 266 g/mol. The summed E-state index contributed by atoms with van der Waals surface area (Å²) in [6.07, 6.45) is 2.32. The van der Waals surface area contributed by atoms with Crippen LogP contribution in [0.25, 0.3) is 0 Å². The third-order valence-electron chi connectivity index (χ3n) is 2.91. The number of nitrogen functional groups attached to an aromatic ring is 1. The number of nitrogens with zero attached hydrogens (tertiary/aromatic N) is 1. The van der Waals surface area contributed by atoms with Crippen LogP contribution in [-0.2, 0) is 6.42 Å². The number of hydrogen-bond acceptors (Lipinski definition) is 4. The molecule has 0 aliphatic rings. The maximum Gasteiger partial charge on any atom is 0.123 e. The summed E-state index contributed by atoms with van der Waals surface area (Å²) in [6, 6.07) is 5.83. The highest BCUT2D eigenvalue weighted by Gasteiger charge is 2.16. The van der Waals surface area contributed by atoms with Crippen LogP contribution >= 0.6 is 11.6 Å². The first kappa shape index (κ1) is 12.9. The lowest BCUT2D eigenvalue weighted by Crippen LogP contribution is -2.30. The van der Waals surface area contributed by atoms with Gasteiger partial charge >= 0.3 is 0 Å². The van der Waals surface area contributed by atoms with Crippen molar-refractivity contribution in [1.82, 2.24) is 15.6 Å². The first-order chi connectivity index (χ1) is 8.61. The Balaban J connectivity index is 2.23. The predicted molar refractivity (Wildman–Crippen MR) is 73.0 cm³/mol. The number of halogens is 1. The van der Waals surface area contributed by atoms with Gasteiger partial charge in [-0.05, 0) is 30.5 Å². The summed E-state index contributed by atoms with van der Waals surface area (Å²) in [5, 5.41) is 7.32. The fourth-order valence-electron chi connectivity index (χ4n) is 1.88. The smallest absolute Gasteiger partial charge is 0.123 e. The predicted octanol–water partition coefficient (Wildman–Crippen LogP) is 1.70. The summed E-state index contributed by atoms with van der Waals surface area (Å²) in [5.41, 5.74) is 11.5. The fourth-order valence-corrected chi connectivity index (χ4v) is 2.19. The SMILES string of the molecule is Cc1ccc(CC(NN)c2cn[nH]c2N)c(Cl)c1. The van der Waals surface area contributed by atoms with E-state index in [4.69, 9.17) is 23.2 Å². The van der Waals surface area contributed by atoms with E-state index in [0.29, 0.717) is 12.2 Å². The molecule has 0 radical (unpaired) electrons. The molecule has 0 saturated carbocycles. The number of anilines is 1. The Morgan fingerprint density at radius 1 is 1.50 bits per heavy atom. The van der Waals surface area contributed by atoms with Crippen molar-refractivity contribution in [2.75, 3.05) is 5.73 Å². The molecule has 18 heavy (non-hydrogen) atoms. The highest BCUT2D eigenvalue weighted by atomic mass is 35.5. The highest BCUT2D eigenvalue weighted by molar-refractivity contribution is 6.31. The molecule has 0 fully saturated rings. The van der Waals surface area contributed by atoms with E-state index in [2.05, 4.69) is 15.6 Å². The molecular formula is C12H16ClN5. The van der Waals surface area contributed by atoms with Gasteiger partial charge in [-0.15, -0.1) is 0 Å². The van der Waals surface area contributed by atoms with Crippen LogP contribution in [0.3, 0.4) is 0 Å². The molecular weight excluding hydrogens is 250 g/mol. The molecule has 2 aromatic rings. The quantitative estimate of drug-likeness (QED) is 0.500. The summed E-state index contributed by atoms with van der Waals surface area (Å²) in [6.45, 7) is 2.00. The van der Waals surface area contributed by atoms with Gasteiger partial charge in [-0.2, -0.15) is 5.10 Å². The summed E-state index contributed by atoms with van der Waals surface area (Å²) in [7, 11) is 0. The van der Waals surface area contributed by atoms with Crippen LogP contribution in [0.4, 0.5) is 5.82 Å². The molecule has 1 heterocycles. The minimum absolute atomic E-state index is 0.121. The molecule has 0 bridgehead atoms. The minimum Gasteiger partial charge on any atom is -0.384 e. The van der Waals surface area contributed by atoms with E-state index in [0.717, 1.165) is 21.7 Å². The van der Waals surface area contributed by atoms with Gasteiger partial charge in [0.25, 0.3) is 0 Å². The second kappa shape index (κ2) is 5.39. The van der Waals surface area contributed by atoms with E-state index in [1.807, 2.05) is 25.1 Å².